The molecule has 0 saturated heterocycles. The van der Waals surface area contributed by atoms with Crippen LogP contribution in [0.15, 0.2) is 39.9 Å². The molecule has 1 aliphatic rings. The number of anilines is 1. The van der Waals surface area contributed by atoms with Crippen molar-refractivity contribution in [3.8, 4) is 0 Å². The summed E-state index contributed by atoms with van der Waals surface area (Å²) in [5.41, 5.74) is 4.37. The van der Waals surface area contributed by atoms with E-state index in [4.69, 9.17) is 10.5 Å². The zero-order chi connectivity index (χ0) is 21.9. The third-order valence-electron chi connectivity index (χ3n) is 5.82. The highest BCUT2D eigenvalue weighted by Crippen LogP contribution is 2.42. The second-order valence-electron chi connectivity index (χ2n) is 7.71. The fourth-order valence-electron chi connectivity index (χ4n) is 4.17. The van der Waals surface area contributed by atoms with Crippen LogP contribution in [0.3, 0.4) is 0 Å². The maximum atomic E-state index is 13.0. The fourth-order valence-corrected chi connectivity index (χ4v) is 4.17. The quantitative estimate of drug-likeness (QED) is 0.547. The third kappa shape index (κ3) is 3.69. The normalized spacial score (nSPS) is 15.1. The number of Topliss-reactive ketones (excluding diaryl/α,β-unsaturated/α-hetero) is 1. The lowest BCUT2D eigenvalue weighted by Gasteiger charge is -2.27. The molecule has 1 heterocycles. The number of hydrogen-bond donors (Lipinski definition) is 1. The number of nitrogen functional groups attached to an aromatic ring is 1. The maximum absolute atomic E-state index is 13.0. The topological polar surface area (TPSA) is 113 Å². The molecule has 8 nitrogen and oxygen atoms in total. The van der Waals surface area contributed by atoms with Crippen LogP contribution in [0.5, 0.6) is 0 Å². The van der Waals surface area contributed by atoms with Crippen molar-refractivity contribution in [3.63, 3.8) is 0 Å². The monoisotopic (exact) mass is 413 g/mol. The van der Waals surface area contributed by atoms with Gasteiger partial charge >= 0.3 is 11.7 Å². The number of aromatic nitrogens is 2. The Morgan fingerprint density at radius 2 is 1.77 bits per heavy atom. The molecule has 0 atom stereocenters. The lowest BCUT2D eigenvalue weighted by atomic mass is 9.79. The molecule has 1 saturated carbocycles. The van der Waals surface area contributed by atoms with E-state index < -0.39 is 35.0 Å². The predicted molar refractivity (Wildman–Crippen MR) is 113 cm³/mol. The molecule has 3 rings (SSSR count). The summed E-state index contributed by atoms with van der Waals surface area (Å²) >= 11 is 0. The lowest BCUT2D eigenvalue weighted by molar-refractivity contribution is -0.149. The maximum Gasteiger partial charge on any atom is 0.332 e. The molecule has 8 heteroatoms. The van der Waals surface area contributed by atoms with Crippen molar-refractivity contribution >= 4 is 17.6 Å². The largest absolute Gasteiger partial charge is 0.457 e. The van der Waals surface area contributed by atoms with E-state index in [1.807, 2.05) is 37.3 Å². The van der Waals surface area contributed by atoms with Crippen molar-refractivity contribution in [1.82, 2.24) is 9.13 Å². The first-order valence-electron chi connectivity index (χ1n) is 10.2. The molecular formula is C22H27N3O5. The Kier molecular flexibility index (Phi) is 6.24. The molecule has 0 unspecified atom stereocenters. The van der Waals surface area contributed by atoms with Crippen LogP contribution in [-0.2, 0) is 28.5 Å². The molecule has 0 radical (unpaired) electrons. The molecule has 1 fully saturated rings. The first-order chi connectivity index (χ1) is 14.3. The fraction of sp³-hybridized carbons (Fsp3) is 0.455. The third-order valence-corrected chi connectivity index (χ3v) is 5.82. The Morgan fingerprint density at radius 1 is 1.13 bits per heavy atom. The van der Waals surface area contributed by atoms with Gasteiger partial charge in [0.15, 0.2) is 6.61 Å². The van der Waals surface area contributed by atoms with Crippen LogP contribution in [0, 0.1) is 0 Å². The minimum atomic E-state index is -0.787. The van der Waals surface area contributed by atoms with Gasteiger partial charge in [0.05, 0.1) is 5.41 Å². The van der Waals surface area contributed by atoms with E-state index in [1.54, 1.807) is 0 Å². The van der Waals surface area contributed by atoms with Gasteiger partial charge < -0.3 is 10.5 Å². The van der Waals surface area contributed by atoms with E-state index in [9.17, 15) is 19.2 Å². The first-order valence-corrected chi connectivity index (χ1v) is 10.2. The van der Waals surface area contributed by atoms with E-state index in [1.165, 1.54) is 11.6 Å². The smallest absolute Gasteiger partial charge is 0.332 e. The van der Waals surface area contributed by atoms with Gasteiger partial charge in [0.2, 0.25) is 5.78 Å². The van der Waals surface area contributed by atoms with E-state index >= 15 is 0 Å². The number of esters is 1. The zero-order valence-corrected chi connectivity index (χ0v) is 17.3. The molecule has 1 aromatic heterocycles. The molecule has 1 aromatic carbocycles. The number of carbonyl (C=O) groups excluding carboxylic acids is 2. The van der Waals surface area contributed by atoms with Crippen molar-refractivity contribution in [1.29, 1.82) is 0 Å². The number of nitrogens with zero attached hydrogens (tertiary/aromatic N) is 2. The Hall–Kier alpha value is -3.16. The second kappa shape index (κ2) is 8.69. The number of ketones is 1. The molecule has 0 amide bonds. The number of ether oxygens (including phenoxy) is 1. The molecule has 0 spiro atoms. The summed E-state index contributed by atoms with van der Waals surface area (Å²) in [7, 11) is 1.29. The second-order valence-corrected chi connectivity index (χ2v) is 7.71. The average molecular weight is 413 g/mol. The van der Waals surface area contributed by atoms with Crippen LogP contribution >= 0.6 is 0 Å². The van der Waals surface area contributed by atoms with Crippen LogP contribution in [0.1, 0.15) is 54.9 Å². The van der Waals surface area contributed by atoms with Crippen molar-refractivity contribution in [3.05, 3.63) is 62.3 Å². The van der Waals surface area contributed by atoms with E-state index in [0.717, 1.165) is 23.0 Å². The lowest BCUT2D eigenvalue weighted by Crippen LogP contribution is -2.43. The van der Waals surface area contributed by atoms with Gasteiger partial charge in [-0.3, -0.25) is 23.5 Å². The van der Waals surface area contributed by atoms with Gasteiger partial charge in [-0.25, -0.2) is 4.79 Å². The Balaban J connectivity index is 1.86. The Labute approximate surface area is 174 Å². The average Bonchev–Trinajstić information content (AvgIpc) is 3.25. The Bertz CT molecular complexity index is 1060. The molecule has 30 heavy (non-hydrogen) atoms. The molecule has 2 N–H and O–H groups in total. The van der Waals surface area contributed by atoms with Gasteiger partial charge in [-0.2, -0.15) is 0 Å². The van der Waals surface area contributed by atoms with E-state index in [2.05, 4.69) is 0 Å². The zero-order valence-electron chi connectivity index (χ0n) is 17.3. The van der Waals surface area contributed by atoms with Crippen LogP contribution in [0.4, 0.5) is 5.82 Å². The first kappa shape index (κ1) is 21.5. The number of benzene rings is 1. The summed E-state index contributed by atoms with van der Waals surface area (Å²) in [5, 5.41) is 0. The number of nitrogens with two attached hydrogens (primary N) is 1. The number of carbonyl (C=O) groups is 2. The predicted octanol–water partition coefficient (Wildman–Crippen LogP) is 1.78. The minimum Gasteiger partial charge on any atom is -0.457 e. The highest BCUT2D eigenvalue weighted by atomic mass is 16.5. The van der Waals surface area contributed by atoms with Crippen LogP contribution < -0.4 is 17.0 Å². The highest BCUT2D eigenvalue weighted by molar-refractivity contribution is 6.01. The molecular weight excluding hydrogens is 386 g/mol. The molecule has 1 aliphatic carbocycles. The molecule has 2 aromatic rings. The summed E-state index contributed by atoms with van der Waals surface area (Å²) in [6, 6.07) is 9.40. The van der Waals surface area contributed by atoms with Crippen LogP contribution in [-0.4, -0.2) is 27.5 Å². The standard InChI is InChI=1S/C22H27N3O5/c1-3-13-25-18(23)17(19(27)24(2)21(25)29)16(26)14-30-20(28)22(11-7-8-12-22)15-9-5-4-6-10-15/h4-6,9-10H,3,7-8,11-14,23H2,1-2H3. The summed E-state index contributed by atoms with van der Waals surface area (Å²) < 4.78 is 7.44. The van der Waals surface area contributed by atoms with Gasteiger partial charge in [0, 0.05) is 13.6 Å². The number of hydrogen-bond acceptors (Lipinski definition) is 6. The summed E-state index contributed by atoms with van der Waals surface area (Å²) in [6.45, 7) is 1.53. The molecule has 0 aliphatic heterocycles. The Morgan fingerprint density at radius 3 is 2.37 bits per heavy atom. The van der Waals surface area contributed by atoms with Gasteiger partial charge in [0.1, 0.15) is 11.4 Å². The van der Waals surface area contributed by atoms with E-state index in [-0.39, 0.29) is 17.9 Å². The van der Waals surface area contributed by atoms with E-state index in [0.29, 0.717) is 19.3 Å². The van der Waals surface area contributed by atoms with Crippen molar-refractivity contribution in [2.45, 2.75) is 51.0 Å². The summed E-state index contributed by atoms with van der Waals surface area (Å²) in [4.78, 5) is 50.6. The number of rotatable bonds is 7. The molecule has 0 bridgehead atoms. The van der Waals surface area contributed by atoms with Crippen molar-refractivity contribution < 1.29 is 14.3 Å². The van der Waals surface area contributed by atoms with Gasteiger partial charge in [-0.1, -0.05) is 50.1 Å². The SMILES string of the molecule is CCCn1c(N)c(C(=O)COC(=O)C2(c3ccccc3)CCCC2)c(=O)n(C)c1=O. The highest BCUT2D eigenvalue weighted by Gasteiger charge is 2.44. The van der Waals surface area contributed by atoms with Crippen LogP contribution in [0.2, 0.25) is 0 Å². The van der Waals surface area contributed by atoms with Gasteiger partial charge in [-0.05, 0) is 24.8 Å². The van der Waals surface area contributed by atoms with Crippen molar-refractivity contribution in [2.75, 3.05) is 12.3 Å². The van der Waals surface area contributed by atoms with Gasteiger partial charge in [-0.15, -0.1) is 0 Å². The van der Waals surface area contributed by atoms with Crippen molar-refractivity contribution in [2.24, 2.45) is 7.05 Å². The van der Waals surface area contributed by atoms with Crippen LogP contribution in [0.25, 0.3) is 0 Å². The molecule has 160 valence electrons. The minimum absolute atomic E-state index is 0.190. The summed E-state index contributed by atoms with van der Waals surface area (Å²) in [5.74, 6) is -1.38. The van der Waals surface area contributed by atoms with Gasteiger partial charge in [0.25, 0.3) is 5.56 Å². The summed E-state index contributed by atoms with van der Waals surface area (Å²) in [6.07, 6.45) is 3.69.